The van der Waals surface area contributed by atoms with Gasteiger partial charge in [-0.05, 0) is 26.8 Å². The molecule has 2 N–H and O–H groups in total. The molecule has 0 saturated carbocycles. The molecular formula is C7H17ClN2. The van der Waals surface area contributed by atoms with E-state index in [1.807, 2.05) is 0 Å². The summed E-state index contributed by atoms with van der Waals surface area (Å²) >= 11 is 0. The summed E-state index contributed by atoms with van der Waals surface area (Å²) in [6.07, 6.45) is 1.18. The van der Waals surface area contributed by atoms with Crippen molar-refractivity contribution < 1.29 is 0 Å². The Morgan fingerprint density at radius 1 is 1.50 bits per heavy atom. The van der Waals surface area contributed by atoms with Crippen molar-refractivity contribution in [3.8, 4) is 0 Å². The van der Waals surface area contributed by atoms with Crippen LogP contribution >= 0.6 is 12.4 Å². The Kier molecular flexibility index (Phi) is 4.25. The van der Waals surface area contributed by atoms with Crippen molar-refractivity contribution in [2.24, 2.45) is 5.73 Å². The molecule has 1 fully saturated rings. The van der Waals surface area contributed by atoms with Crippen LogP contribution in [0.3, 0.4) is 0 Å². The second-order valence-corrected chi connectivity index (χ2v) is 3.14. The molecule has 3 heteroatoms. The van der Waals surface area contributed by atoms with Gasteiger partial charge in [0.1, 0.15) is 0 Å². The number of hydrogen-bond donors (Lipinski definition) is 1. The smallest absolute Gasteiger partial charge is 0.0180 e. The molecule has 0 amide bonds. The molecule has 2 nitrogen and oxygen atoms in total. The fourth-order valence-corrected chi connectivity index (χ4v) is 1.28. The van der Waals surface area contributed by atoms with Crippen molar-refractivity contribution in [2.75, 3.05) is 13.1 Å². The van der Waals surface area contributed by atoms with E-state index in [1.54, 1.807) is 0 Å². The second kappa shape index (κ2) is 4.16. The highest BCUT2D eigenvalue weighted by atomic mass is 35.5. The molecule has 0 aromatic carbocycles. The number of nitrogens with zero attached hydrogens (tertiary/aromatic N) is 1. The number of rotatable bonds is 1. The molecule has 0 radical (unpaired) electrons. The lowest BCUT2D eigenvalue weighted by molar-refractivity contribution is 0.272. The van der Waals surface area contributed by atoms with Gasteiger partial charge in [0.15, 0.2) is 0 Å². The molecule has 1 aliphatic rings. The molecule has 0 spiro atoms. The number of hydrogen-bond acceptors (Lipinski definition) is 2. The van der Waals surface area contributed by atoms with Gasteiger partial charge in [0.05, 0.1) is 0 Å². The summed E-state index contributed by atoms with van der Waals surface area (Å²) in [5, 5.41) is 0. The van der Waals surface area contributed by atoms with E-state index in [0.29, 0.717) is 12.1 Å². The van der Waals surface area contributed by atoms with Gasteiger partial charge in [-0.1, -0.05) is 0 Å². The Bertz CT molecular complexity index is 95.6. The first-order chi connectivity index (χ1) is 4.20. The fourth-order valence-electron chi connectivity index (χ4n) is 1.28. The zero-order valence-electron chi connectivity index (χ0n) is 6.71. The highest BCUT2D eigenvalue weighted by Gasteiger charge is 2.20. The first-order valence-corrected chi connectivity index (χ1v) is 3.70. The molecule has 1 unspecified atom stereocenters. The van der Waals surface area contributed by atoms with E-state index >= 15 is 0 Å². The summed E-state index contributed by atoms with van der Waals surface area (Å²) in [6.45, 7) is 6.73. The van der Waals surface area contributed by atoms with Crippen LogP contribution in [0.1, 0.15) is 20.3 Å². The SMILES string of the molecule is CC(C)N1CCC(N)C1.Cl. The van der Waals surface area contributed by atoms with Crippen molar-refractivity contribution in [1.29, 1.82) is 0 Å². The standard InChI is InChI=1S/C7H16N2.ClH/c1-6(2)9-4-3-7(8)5-9;/h6-7H,3-5,8H2,1-2H3;1H. The van der Waals surface area contributed by atoms with Crippen molar-refractivity contribution in [1.82, 2.24) is 4.90 Å². The minimum Gasteiger partial charge on any atom is -0.326 e. The molecule has 1 atom stereocenters. The van der Waals surface area contributed by atoms with Gasteiger partial charge in [0.2, 0.25) is 0 Å². The third kappa shape index (κ3) is 2.45. The lowest BCUT2D eigenvalue weighted by Gasteiger charge is -2.19. The molecule has 0 bridgehead atoms. The van der Waals surface area contributed by atoms with E-state index in [4.69, 9.17) is 5.73 Å². The molecule has 1 aliphatic heterocycles. The highest BCUT2D eigenvalue weighted by Crippen LogP contribution is 2.09. The zero-order valence-corrected chi connectivity index (χ0v) is 7.53. The molecule has 0 aliphatic carbocycles. The van der Waals surface area contributed by atoms with Gasteiger partial charge in [-0.2, -0.15) is 0 Å². The van der Waals surface area contributed by atoms with Gasteiger partial charge in [0, 0.05) is 18.6 Å². The minimum absolute atomic E-state index is 0. The Morgan fingerprint density at radius 2 is 2.10 bits per heavy atom. The summed E-state index contributed by atoms with van der Waals surface area (Å²) in [6, 6.07) is 1.12. The van der Waals surface area contributed by atoms with Crippen LogP contribution in [0, 0.1) is 0 Å². The molecule has 0 aromatic rings. The third-order valence-corrected chi connectivity index (χ3v) is 1.99. The molecule has 62 valence electrons. The largest absolute Gasteiger partial charge is 0.326 e. The Balaban J connectivity index is 0.000000810. The van der Waals surface area contributed by atoms with E-state index in [-0.39, 0.29) is 12.4 Å². The van der Waals surface area contributed by atoms with Crippen LogP contribution in [0.2, 0.25) is 0 Å². The summed E-state index contributed by atoms with van der Waals surface area (Å²) in [7, 11) is 0. The van der Waals surface area contributed by atoms with Gasteiger partial charge in [-0.15, -0.1) is 12.4 Å². The summed E-state index contributed by atoms with van der Waals surface area (Å²) < 4.78 is 0. The van der Waals surface area contributed by atoms with Gasteiger partial charge in [0.25, 0.3) is 0 Å². The van der Waals surface area contributed by atoms with Crippen LogP contribution in [-0.4, -0.2) is 30.1 Å². The van der Waals surface area contributed by atoms with Crippen LogP contribution in [0.25, 0.3) is 0 Å². The van der Waals surface area contributed by atoms with E-state index in [0.717, 1.165) is 6.54 Å². The van der Waals surface area contributed by atoms with Gasteiger partial charge in [-0.3, -0.25) is 4.90 Å². The molecule has 1 saturated heterocycles. The maximum atomic E-state index is 5.72. The highest BCUT2D eigenvalue weighted by molar-refractivity contribution is 5.85. The number of halogens is 1. The van der Waals surface area contributed by atoms with Crippen molar-refractivity contribution >= 4 is 12.4 Å². The van der Waals surface area contributed by atoms with Crippen LogP contribution in [-0.2, 0) is 0 Å². The number of likely N-dealkylation sites (tertiary alicyclic amines) is 1. The topological polar surface area (TPSA) is 29.3 Å². The van der Waals surface area contributed by atoms with E-state index in [2.05, 4.69) is 18.7 Å². The van der Waals surface area contributed by atoms with Gasteiger partial charge >= 0.3 is 0 Å². The first-order valence-electron chi connectivity index (χ1n) is 3.70. The summed E-state index contributed by atoms with van der Waals surface area (Å²) in [5.41, 5.74) is 5.72. The average Bonchev–Trinajstić information content (AvgIpc) is 2.14. The lowest BCUT2D eigenvalue weighted by Crippen LogP contribution is -2.31. The van der Waals surface area contributed by atoms with E-state index in [1.165, 1.54) is 13.0 Å². The van der Waals surface area contributed by atoms with Crippen LogP contribution in [0.5, 0.6) is 0 Å². The Morgan fingerprint density at radius 3 is 2.30 bits per heavy atom. The molecule has 1 heterocycles. The van der Waals surface area contributed by atoms with E-state index in [9.17, 15) is 0 Å². The monoisotopic (exact) mass is 164 g/mol. The Labute approximate surface area is 69.2 Å². The molecule has 1 rings (SSSR count). The third-order valence-electron chi connectivity index (χ3n) is 1.99. The van der Waals surface area contributed by atoms with Crippen molar-refractivity contribution in [3.63, 3.8) is 0 Å². The summed E-state index contributed by atoms with van der Waals surface area (Å²) in [5.74, 6) is 0. The normalized spacial score (nSPS) is 27.0. The minimum atomic E-state index is 0. The predicted molar refractivity (Wildman–Crippen MR) is 46.5 cm³/mol. The maximum Gasteiger partial charge on any atom is 0.0180 e. The lowest BCUT2D eigenvalue weighted by atomic mass is 10.3. The quantitative estimate of drug-likeness (QED) is 0.623. The van der Waals surface area contributed by atoms with Crippen LogP contribution in [0.15, 0.2) is 0 Å². The molecular weight excluding hydrogens is 148 g/mol. The van der Waals surface area contributed by atoms with Crippen molar-refractivity contribution in [3.05, 3.63) is 0 Å². The zero-order chi connectivity index (χ0) is 6.85. The first kappa shape index (κ1) is 10.2. The number of nitrogens with two attached hydrogens (primary N) is 1. The van der Waals surface area contributed by atoms with Gasteiger partial charge < -0.3 is 5.73 Å². The van der Waals surface area contributed by atoms with Crippen LogP contribution in [0.4, 0.5) is 0 Å². The summed E-state index contributed by atoms with van der Waals surface area (Å²) in [4.78, 5) is 2.42. The second-order valence-electron chi connectivity index (χ2n) is 3.14. The maximum absolute atomic E-state index is 5.72. The van der Waals surface area contributed by atoms with Crippen molar-refractivity contribution in [2.45, 2.75) is 32.4 Å². The average molecular weight is 165 g/mol. The van der Waals surface area contributed by atoms with Gasteiger partial charge in [-0.25, -0.2) is 0 Å². The molecule has 0 aromatic heterocycles. The van der Waals surface area contributed by atoms with Crippen LogP contribution < -0.4 is 5.73 Å². The predicted octanol–water partition coefficient (Wildman–Crippen LogP) is 0.850. The fraction of sp³-hybridized carbons (Fsp3) is 1.00. The Hall–Kier alpha value is 0.210. The molecule has 10 heavy (non-hydrogen) atoms. The van der Waals surface area contributed by atoms with E-state index < -0.39 is 0 Å².